The highest BCUT2D eigenvalue weighted by Gasteiger charge is 2.13. The van der Waals surface area contributed by atoms with E-state index in [4.69, 9.17) is 16.0 Å². The first kappa shape index (κ1) is 20.7. The van der Waals surface area contributed by atoms with Gasteiger partial charge in [-0.1, -0.05) is 47.2 Å². The molecule has 162 valence electrons. The fourth-order valence-electron chi connectivity index (χ4n) is 3.70. The van der Waals surface area contributed by atoms with Crippen molar-refractivity contribution in [3.05, 3.63) is 93.0 Å². The summed E-state index contributed by atoms with van der Waals surface area (Å²) in [6, 6.07) is 19.1. The largest absolute Gasteiger partial charge is 0.872 e. The molecule has 0 unspecified atom stereocenters. The number of non-ortho nitro benzene ring substituents is 1. The highest BCUT2D eigenvalue weighted by Crippen LogP contribution is 2.34. The minimum atomic E-state index is -0.535. The highest BCUT2D eigenvalue weighted by molar-refractivity contribution is 6.35. The Bertz CT molecular complexity index is 1590. The van der Waals surface area contributed by atoms with Gasteiger partial charge in [0.25, 0.3) is 5.69 Å². The zero-order valence-electron chi connectivity index (χ0n) is 17.3. The summed E-state index contributed by atoms with van der Waals surface area (Å²) in [5.41, 5.74) is 2.81. The van der Waals surface area contributed by atoms with Crippen molar-refractivity contribution in [3.8, 4) is 17.2 Å². The van der Waals surface area contributed by atoms with E-state index in [0.717, 1.165) is 16.3 Å². The molecule has 0 atom stereocenters. The van der Waals surface area contributed by atoms with Gasteiger partial charge in [-0.3, -0.25) is 15.1 Å². The second-order valence-electron chi connectivity index (χ2n) is 7.51. The molecule has 1 heterocycles. The molecule has 0 saturated heterocycles. The van der Waals surface area contributed by atoms with Crippen LogP contribution in [0.25, 0.3) is 33.3 Å². The van der Waals surface area contributed by atoms with E-state index in [1.165, 1.54) is 25.3 Å². The van der Waals surface area contributed by atoms with Gasteiger partial charge in [0.05, 0.1) is 10.6 Å². The molecule has 0 N–H and O–H groups in total. The van der Waals surface area contributed by atoms with Crippen LogP contribution in [0.4, 0.5) is 11.4 Å². The van der Waals surface area contributed by atoms with Gasteiger partial charge in [-0.2, -0.15) is 0 Å². The van der Waals surface area contributed by atoms with Gasteiger partial charge in [0.1, 0.15) is 5.52 Å². The normalized spacial score (nSPS) is 11.6. The van der Waals surface area contributed by atoms with Gasteiger partial charge in [0.15, 0.2) is 5.58 Å². The first-order valence-electron chi connectivity index (χ1n) is 9.99. The van der Waals surface area contributed by atoms with Crippen molar-refractivity contribution in [2.45, 2.75) is 6.92 Å². The molecule has 8 heteroatoms. The molecule has 5 rings (SSSR count). The summed E-state index contributed by atoms with van der Waals surface area (Å²) >= 11 is 6.32. The summed E-state index contributed by atoms with van der Waals surface area (Å²) in [4.78, 5) is 19.5. The first-order chi connectivity index (χ1) is 15.9. The SMILES string of the molecule is Cc1cc([N+](=O)[O-])cc(C=Nc2ccc3oc(-c4cccc5c(Cl)cccc45)nc3c2)c1[O-]. The van der Waals surface area contributed by atoms with E-state index in [0.29, 0.717) is 27.7 Å². The topological polar surface area (TPSA) is 105 Å². The van der Waals surface area contributed by atoms with E-state index in [9.17, 15) is 15.2 Å². The van der Waals surface area contributed by atoms with E-state index in [2.05, 4.69) is 9.98 Å². The van der Waals surface area contributed by atoms with Crippen molar-refractivity contribution in [1.29, 1.82) is 0 Å². The molecule has 5 aromatic rings. The zero-order valence-corrected chi connectivity index (χ0v) is 18.0. The lowest BCUT2D eigenvalue weighted by atomic mass is 10.0. The summed E-state index contributed by atoms with van der Waals surface area (Å²) < 4.78 is 5.97. The molecular weight excluding hydrogens is 442 g/mol. The monoisotopic (exact) mass is 456 g/mol. The number of nitro benzene ring substituents is 1. The lowest BCUT2D eigenvalue weighted by Gasteiger charge is -2.13. The fraction of sp³-hybridized carbons (Fsp3) is 0.0400. The smallest absolute Gasteiger partial charge is 0.270 e. The number of nitrogens with zero attached hydrogens (tertiary/aromatic N) is 3. The van der Waals surface area contributed by atoms with Crippen molar-refractivity contribution in [3.63, 3.8) is 0 Å². The molecule has 0 aliphatic rings. The molecule has 0 spiro atoms. The van der Waals surface area contributed by atoms with Gasteiger partial charge in [-0.25, -0.2) is 4.98 Å². The maximum absolute atomic E-state index is 12.3. The lowest BCUT2D eigenvalue weighted by molar-refractivity contribution is -0.385. The number of aliphatic imine (C=N–C) groups is 1. The maximum atomic E-state index is 12.3. The van der Waals surface area contributed by atoms with Crippen molar-refractivity contribution in [2.24, 2.45) is 4.99 Å². The average molecular weight is 457 g/mol. The van der Waals surface area contributed by atoms with Crippen LogP contribution in [0.2, 0.25) is 5.02 Å². The van der Waals surface area contributed by atoms with Crippen molar-refractivity contribution in [2.75, 3.05) is 0 Å². The molecule has 0 saturated carbocycles. The number of rotatable bonds is 4. The van der Waals surface area contributed by atoms with Gasteiger partial charge < -0.3 is 9.52 Å². The Morgan fingerprint density at radius 3 is 2.67 bits per heavy atom. The van der Waals surface area contributed by atoms with Gasteiger partial charge in [-0.05, 0) is 48.2 Å². The van der Waals surface area contributed by atoms with Crippen LogP contribution in [0, 0.1) is 17.0 Å². The Morgan fingerprint density at radius 2 is 1.85 bits per heavy atom. The standard InChI is InChI=1S/C25H16ClN3O4/c1-14-10-17(29(31)32)11-15(24(14)30)13-27-16-8-9-23-22(12-16)28-25(33-23)20-6-2-5-19-18(20)4-3-7-21(19)26/h2-13,30H,1H3/p-1. The number of halogens is 1. The Kier molecular flexibility index (Phi) is 5.03. The average Bonchev–Trinajstić information content (AvgIpc) is 3.23. The van der Waals surface area contributed by atoms with Crippen LogP contribution in [0.5, 0.6) is 5.75 Å². The summed E-state index contributed by atoms with van der Waals surface area (Å²) in [5.74, 6) is 0.152. The minimum Gasteiger partial charge on any atom is -0.872 e. The molecule has 1 aromatic heterocycles. The number of benzene rings is 4. The Hall–Kier alpha value is -4.23. The van der Waals surface area contributed by atoms with Crippen molar-refractivity contribution in [1.82, 2.24) is 4.98 Å². The number of oxazole rings is 1. The van der Waals surface area contributed by atoms with Crippen LogP contribution in [-0.2, 0) is 0 Å². The quantitative estimate of drug-likeness (QED) is 0.178. The third kappa shape index (κ3) is 3.79. The third-order valence-corrected chi connectivity index (χ3v) is 5.65. The molecule has 0 radical (unpaired) electrons. The van der Waals surface area contributed by atoms with Crippen LogP contribution in [0.3, 0.4) is 0 Å². The van der Waals surface area contributed by atoms with Crippen molar-refractivity contribution < 1.29 is 14.4 Å². The van der Waals surface area contributed by atoms with Gasteiger partial charge in [0.2, 0.25) is 5.89 Å². The minimum absolute atomic E-state index is 0.148. The molecule has 0 bridgehead atoms. The molecule has 7 nitrogen and oxygen atoms in total. The van der Waals surface area contributed by atoms with Crippen LogP contribution in [0.1, 0.15) is 11.1 Å². The van der Waals surface area contributed by atoms with Crippen LogP contribution in [0.15, 0.2) is 76.1 Å². The molecule has 4 aromatic carbocycles. The summed E-state index contributed by atoms with van der Waals surface area (Å²) in [6.07, 6.45) is 1.33. The molecule has 0 aliphatic heterocycles. The molecule has 0 amide bonds. The second kappa shape index (κ2) is 8.03. The number of fused-ring (bicyclic) bond motifs is 2. The number of aryl methyl sites for hydroxylation is 1. The zero-order chi connectivity index (χ0) is 23.1. The number of hydrogen-bond donors (Lipinski definition) is 0. The fourth-order valence-corrected chi connectivity index (χ4v) is 3.93. The predicted molar refractivity (Wildman–Crippen MR) is 126 cm³/mol. The first-order valence-corrected chi connectivity index (χ1v) is 10.4. The summed E-state index contributed by atoms with van der Waals surface area (Å²) in [7, 11) is 0. The number of hydrogen-bond acceptors (Lipinski definition) is 6. The second-order valence-corrected chi connectivity index (χ2v) is 7.92. The van der Waals surface area contributed by atoms with Gasteiger partial charge >= 0.3 is 0 Å². The Morgan fingerprint density at radius 1 is 1.06 bits per heavy atom. The number of aromatic nitrogens is 1. The van der Waals surface area contributed by atoms with Crippen LogP contribution >= 0.6 is 11.6 Å². The van der Waals surface area contributed by atoms with E-state index >= 15 is 0 Å². The molecule has 33 heavy (non-hydrogen) atoms. The van der Waals surface area contributed by atoms with E-state index < -0.39 is 4.92 Å². The number of nitro groups is 1. The lowest BCUT2D eigenvalue weighted by Crippen LogP contribution is -2.01. The van der Waals surface area contributed by atoms with Gasteiger partial charge in [-0.15, -0.1) is 0 Å². The highest BCUT2D eigenvalue weighted by atomic mass is 35.5. The maximum Gasteiger partial charge on any atom is 0.270 e. The van der Waals surface area contributed by atoms with Crippen LogP contribution < -0.4 is 5.11 Å². The summed E-state index contributed by atoms with van der Waals surface area (Å²) in [5, 5.41) is 25.9. The van der Waals surface area contributed by atoms with E-state index in [1.54, 1.807) is 18.2 Å². The summed E-state index contributed by atoms with van der Waals surface area (Å²) in [6.45, 7) is 1.54. The third-order valence-electron chi connectivity index (χ3n) is 5.32. The van der Waals surface area contributed by atoms with Crippen LogP contribution in [-0.4, -0.2) is 16.1 Å². The van der Waals surface area contributed by atoms with Crippen molar-refractivity contribution >= 4 is 51.1 Å². The Labute approximate surface area is 192 Å². The van der Waals surface area contributed by atoms with Gasteiger partial charge in [0, 0.05) is 34.3 Å². The Balaban J connectivity index is 1.53. The molecular formula is C25H15ClN3O4-. The molecule has 0 aliphatic carbocycles. The van der Waals surface area contributed by atoms with E-state index in [1.807, 2.05) is 36.4 Å². The van der Waals surface area contributed by atoms with E-state index in [-0.39, 0.29) is 22.6 Å². The predicted octanol–water partition coefficient (Wildman–Crippen LogP) is 6.34. The molecule has 0 fully saturated rings.